The molecule has 0 fully saturated rings. The molecule has 0 saturated heterocycles. The van der Waals surface area contributed by atoms with Crippen molar-refractivity contribution in [1.29, 1.82) is 0 Å². The number of esters is 1. The summed E-state index contributed by atoms with van der Waals surface area (Å²) in [6.07, 6.45) is 1.80. The molecule has 1 aromatic carbocycles. The first-order chi connectivity index (χ1) is 11.6. The first kappa shape index (κ1) is 15.7. The number of phenolic OH excluding ortho intramolecular Hbond substituents is 2. The van der Waals surface area contributed by atoms with E-state index < -0.39 is 0 Å². The summed E-state index contributed by atoms with van der Waals surface area (Å²) >= 11 is 0. The molecule has 3 aromatic rings. The van der Waals surface area contributed by atoms with Gasteiger partial charge in [-0.2, -0.15) is 0 Å². The normalized spacial score (nSPS) is 10.7. The van der Waals surface area contributed by atoms with Gasteiger partial charge in [0.2, 0.25) is 0 Å². The molecular formula is C17H17N3O4. The lowest BCUT2D eigenvalue weighted by Gasteiger charge is -2.09. The Kier molecular flexibility index (Phi) is 4.24. The van der Waals surface area contributed by atoms with Gasteiger partial charge in [-0.25, -0.2) is 4.98 Å². The van der Waals surface area contributed by atoms with E-state index in [1.54, 1.807) is 23.6 Å². The molecule has 0 atom stereocenters. The van der Waals surface area contributed by atoms with Crippen LogP contribution in [0.5, 0.6) is 11.5 Å². The van der Waals surface area contributed by atoms with Crippen LogP contribution in [0.2, 0.25) is 0 Å². The van der Waals surface area contributed by atoms with Gasteiger partial charge in [-0.05, 0) is 31.2 Å². The van der Waals surface area contributed by atoms with E-state index in [4.69, 9.17) is 4.74 Å². The summed E-state index contributed by atoms with van der Waals surface area (Å²) in [5, 5.41) is 22.6. The molecule has 2 aromatic heterocycles. The van der Waals surface area contributed by atoms with Crippen molar-refractivity contribution in [3.8, 4) is 22.8 Å². The Hall–Kier alpha value is -3.22. The molecule has 0 amide bonds. The van der Waals surface area contributed by atoms with Crippen molar-refractivity contribution in [2.24, 2.45) is 0 Å². The molecule has 0 spiro atoms. The van der Waals surface area contributed by atoms with E-state index >= 15 is 0 Å². The van der Waals surface area contributed by atoms with E-state index in [2.05, 4.69) is 10.3 Å². The smallest absolute Gasteiger partial charge is 0.325 e. The van der Waals surface area contributed by atoms with Gasteiger partial charge in [-0.1, -0.05) is 6.07 Å². The van der Waals surface area contributed by atoms with Crippen molar-refractivity contribution in [3.63, 3.8) is 0 Å². The topological polar surface area (TPSA) is 96.1 Å². The van der Waals surface area contributed by atoms with Gasteiger partial charge in [0.1, 0.15) is 35.2 Å². The Morgan fingerprint density at radius 3 is 2.88 bits per heavy atom. The van der Waals surface area contributed by atoms with E-state index in [1.165, 1.54) is 12.1 Å². The second-order valence-corrected chi connectivity index (χ2v) is 5.10. The Morgan fingerprint density at radius 2 is 2.12 bits per heavy atom. The monoisotopic (exact) mass is 327 g/mol. The van der Waals surface area contributed by atoms with Gasteiger partial charge in [0, 0.05) is 17.8 Å². The number of aromatic hydroxyl groups is 2. The third-order valence-corrected chi connectivity index (χ3v) is 3.47. The molecule has 0 aliphatic carbocycles. The molecule has 3 rings (SSSR count). The van der Waals surface area contributed by atoms with Gasteiger partial charge in [0.15, 0.2) is 0 Å². The van der Waals surface area contributed by atoms with E-state index in [0.29, 0.717) is 29.3 Å². The minimum atomic E-state index is -0.385. The number of rotatable bonds is 5. The van der Waals surface area contributed by atoms with Gasteiger partial charge < -0.3 is 20.3 Å². The number of benzene rings is 1. The third-order valence-electron chi connectivity index (χ3n) is 3.47. The van der Waals surface area contributed by atoms with Crippen LogP contribution in [-0.4, -0.2) is 38.7 Å². The number of nitrogens with one attached hydrogen (secondary N) is 1. The van der Waals surface area contributed by atoms with Crippen molar-refractivity contribution in [1.82, 2.24) is 9.38 Å². The second kappa shape index (κ2) is 6.49. The Morgan fingerprint density at radius 1 is 1.29 bits per heavy atom. The molecule has 0 unspecified atom stereocenters. The minimum absolute atomic E-state index is 0.0254. The standard InChI is InChI=1S/C17H17N3O4/c1-2-24-15(23)10-18-17-16(12-7-6-11(21)9-13(12)22)19-14-5-3-4-8-20(14)17/h3-9,18,21-22H,2,10H2,1H3. The number of aromatic nitrogens is 2. The van der Waals surface area contributed by atoms with Crippen LogP contribution in [0.3, 0.4) is 0 Å². The van der Waals surface area contributed by atoms with Crippen molar-refractivity contribution in [2.45, 2.75) is 6.92 Å². The Bertz CT molecular complexity index is 889. The summed E-state index contributed by atoms with van der Waals surface area (Å²) in [5.74, 6) is 0.0301. The van der Waals surface area contributed by atoms with Crippen molar-refractivity contribution < 1.29 is 19.7 Å². The van der Waals surface area contributed by atoms with E-state index in [9.17, 15) is 15.0 Å². The zero-order valence-electron chi connectivity index (χ0n) is 13.1. The van der Waals surface area contributed by atoms with E-state index in [0.717, 1.165) is 0 Å². The number of anilines is 1. The first-order valence-corrected chi connectivity index (χ1v) is 7.49. The maximum absolute atomic E-state index is 11.6. The summed E-state index contributed by atoms with van der Waals surface area (Å²) < 4.78 is 6.70. The SMILES string of the molecule is CCOC(=O)CNc1c(-c2ccc(O)cc2O)nc2ccccn12. The number of hydrogen-bond acceptors (Lipinski definition) is 6. The molecular weight excluding hydrogens is 310 g/mol. The van der Waals surface area contributed by atoms with Crippen LogP contribution < -0.4 is 5.32 Å². The molecule has 2 heterocycles. The molecule has 0 aliphatic rings. The van der Waals surface area contributed by atoms with Crippen LogP contribution in [0.4, 0.5) is 5.82 Å². The molecule has 0 bridgehead atoms. The average molecular weight is 327 g/mol. The highest BCUT2D eigenvalue weighted by Gasteiger charge is 2.18. The number of ether oxygens (including phenoxy) is 1. The van der Waals surface area contributed by atoms with Gasteiger partial charge in [0.25, 0.3) is 0 Å². The summed E-state index contributed by atoms with van der Waals surface area (Å²) in [7, 11) is 0. The van der Waals surface area contributed by atoms with Crippen LogP contribution >= 0.6 is 0 Å². The van der Waals surface area contributed by atoms with Crippen LogP contribution in [-0.2, 0) is 9.53 Å². The van der Waals surface area contributed by atoms with Crippen LogP contribution in [0.15, 0.2) is 42.6 Å². The number of carbonyl (C=O) groups excluding carboxylic acids is 1. The molecule has 0 saturated carbocycles. The Labute approximate surface area is 138 Å². The maximum Gasteiger partial charge on any atom is 0.325 e. The highest BCUT2D eigenvalue weighted by molar-refractivity contribution is 5.83. The number of pyridine rings is 1. The summed E-state index contributed by atoms with van der Waals surface area (Å²) in [6.45, 7) is 2.02. The predicted octanol–water partition coefficient (Wildman–Crippen LogP) is 2.39. The number of nitrogens with zero attached hydrogens (tertiary/aromatic N) is 2. The average Bonchev–Trinajstić information content (AvgIpc) is 2.91. The van der Waals surface area contributed by atoms with Gasteiger partial charge in [-0.15, -0.1) is 0 Å². The molecule has 124 valence electrons. The number of imidazole rings is 1. The fourth-order valence-corrected chi connectivity index (χ4v) is 2.44. The third kappa shape index (κ3) is 2.96. The zero-order chi connectivity index (χ0) is 17.1. The quantitative estimate of drug-likeness (QED) is 0.623. The second-order valence-electron chi connectivity index (χ2n) is 5.10. The van der Waals surface area contributed by atoms with Crippen molar-refractivity contribution in [3.05, 3.63) is 42.6 Å². The van der Waals surface area contributed by atoms with Crippen molar-refractivity contribution in [2.75, 3.05) is 18.5 Å². The Balaban J connectivity index is 2.06. The lowest BCUT2D eigenvalue weighted by molar-refractivity contribution is -0.140. The molecule has 3 N–H and O–H groups in total. The summed E-state index contributed by atoms with van der Waals surface area (Å²) in [6, 6.07) is 9.78. The summed E-state index contributed by atoms with van der Waals surface area (Å²) in [5.41, 5.74) is 1.58. The van der Waals surface area contributed by atoms with Gasteiger partial charge in [0.05, 0.1) is 6.61 Å². The van der Waals surface area contributed by atoms with Gasteiger partial charge >= 0.3 is 5.97 Å². The van der Waals surface area contributed by atoms with Crippen LogP contribution in [0.25, 0.3) is 16.9 Å². The van der Waals surface area contributed by atoms with Crippen molar-refractivity contribution >= 4 is 17.4 Å². The fraction of sp³-hybridized carbons (Fsp3) is 0.176. The number of hydrogen-bond donors (Lipinski definition) is 3. The van der Waals surface area contributed by atoms with Gasteiger partial charge in [-0.3, -0.25) is 9.20 Å². The molecule has 0 radical (unpaired) electrons. The summed E-state index contributed by atoms with van der Waals surface area (Å²) in [4.78, 5) is 16.1. The van der Waals surface area contributed by atoms with E-state index in [-0.39, 0.29) is 24.0 Å². The number of phenols is 2. The predicted molar refractivity (Wildman–Crippen MR) is 89.1 cm³/mol. The molecule has 0 aliphatic heterocycles. The fourth-order valence-electron chi connectivity index (χ4n) is 2.44. The highest BCUT2D eigenvalue weighted by Crippen LogP contribution is 2.36. The first-order valence-electron chi connectivity index (χ1n) is 7.49. The number of fused-ring (bicyclic) bond motifs is 1. The van der Waals surface area contributed by atoms with Crippen LogP contribution in [0.1, 0.15) is 6.92 Å². The maximum atomic E-state index is 11.6. The molecule has 7 heteroatoms. The van der Waals surface area contributed by atoms with E-state index in [1.807, 2.05) is 18.2 Å². The molecule has 24 heavy (non-hydrogen) atoms. The lowest BCUT2D eigenvalue weighted by Crippen LogP contribution is -2.17. The zero-order valence-corrected chi connectivity index (χ0v) is 13.1. The largest absolute Gasteiger partial charge is 0.508 e. The number of carbonyl (C=O) groups is 1. The van der Waals surface area contributed by atoms with Crippen LogP contribution in [0, 0.1) is 0 Å². The lowest BCUT2D eigenvalue weighted by atomic mass is 10.1. The highest BCUT2D eigenvalue weighted by atomic mass is 16.5. The minimum Gasteiger partial charge on any atom is -0.508 e. The molecule has 7 nitrogen and oxygen atoms in total.